The normalized spacial score (nSPS) is 12.1. The number of nitrogens with two attached hydrogens (primary N) is 1. The van der Waals surface area contributed by atoms with Crippen LogP contribution in [0.5, 0.6) is 5.75 Å². The highest BCUT2D eigenvalue weighted by atomic mass is 16.5. The molecule has 1 aromatic rings. The van der Waals surface area contributed by atoms with Crippen LogP contribution in [0.15, 0.2) is 12.1 Å². The maximum Gasteiger partial charge on any atom is 0.253 e. The third-order valence-corrected chi connectivity index (χ3v) is 3.52. The Bertz CT molecular complexity index is 458. The van der Waals surface area contributed by atoms with E-state index in [2.05, 4.69) is 0 Å². The first-order valence-electron chi connectivity index (χ1n) is 6.52. The van der Waals surface area contributed by atoms with E-state index < -0.39 is 0 Å². The molecule has 0 radical (unpaired) electrons. The van der Waals surface area contributed by atoms with Crippen LogP contribution in [0.4, 0.5) is 0 Å². The maximum atomic E-state index is 12.4. The van der Waals surface area contributed by atoms with Gasteiger partial charge in [-0.15, -0.1) is 0 Å². The Morgan fingerprint density at radius 1 is 1.37 bits per heavy atom. The first-order valence-corrected chi connectivity index (χ1v) is 6.52. The molecule has 4 nitrogen and oxygen atoms in total. The van der Waals surface area contributed by atoms with E-state index in [1.807, 2.05) is 40.0 Å². The first-order chi connectivity index (χ1) is 8.92. The van der Waals surface area contributed by atoms with E-state index >= 15 is 0 Å². The fraction of sp³-hybridized carbons (Fsp3) is 0.533. The van der Waals surface area contributed by atoms with E-state index in [0.717, 1.165) is 22.4 Å². The van der Waals surface area contributed by atoms with Gasteiger partial charge in [0.05, 0.1) is 7.11 Å². The van der Waals surface area contributed by atoms with Gasteiger partial charge in [0.1, 0.15) is 5.75 Å². The molecular weight excluding hydrogens is 240 g/mol. The lowest BCUT2D eigenvalue weighted by atomic mass is 10.0. The number of benzene rings is 1. The lowest BCUT2D eigenvalue weighted by Gasteiger charge is -2.22. The molecule has 2 N–H and O–H groups in total. The van der Waals surface area contributed by atoms with Gasteiger partial charge in [-0.2, -0.15) is 0 Å². The van der Waals surface area contributed by atoms with Crippen LogP contribution in [0.2, 0.25) is 0 Å². The molecule has 1 unspecified atom stereocenters. The van der Waals surface area contributed by atoms with Crippen molar-refractivity contribution in [3.05, 3.63) is 28.8 Å². The van der Waals surface area contributed by atoms with Gasteiger partial charge in [0.2, 0.25) is 0 Å². The number of ether oxygens (including phenoxy) is 1. The van der Waals surface area contributed by atoms with Crippen LogP contribution in [0.25, 0.3) is 0 Å². The van der Waals surface area contributed by atoms with Gasteiger partial charge in [0, 0.05) is 19.2 Å². The Balaban J connectivity index is 2.97. The largest absolute Gasteiger partial charge is 0.496 e. The minimum absolute atomic E-state index is 0.0311. The molecule has 1 amide bonds. The van der Waals surface area contributed by atoms with Gasteiger partial charge in [0.25, 0.3) is 5.91 Å². The SMILES string of the molecule is COc1ccc(C(=O)N(C)CC(C)CN)c(C)c1C. The number of hydrogen-bond donors (Lipinski definition) is 1. The Morgan fingerprint density at radius 3 is 2.53 bits per heavy atom. The highest BCUT2D eigenvalue weighted by molar-refractivity contribution is 5.96. The maximum absolute atomic E-state index is 12.4. The average Bonchev–Trinajstić information content (AvgIpc) is 2.40. The minimum Gasteiger partial charge on any atom is -0.496 e. The molecule has 106 valence electrons. The van der Waals surface area contributed by atoms with Crippen molar-refractivity contribution < 1.29 is 9.53 Å². The Kier molecular flexibility index (Phi) is 5.36. The molecule has 0 spiro atoms. The summed E-state index contributed by atoms with van der Waals surface area (Å²) in [4.78, 5) is 14.1. The quantitative estimate of drug-likeness (QED) is 0.884. The van der Waals surface area contributed by atoms with Crippen LogP contribution in [0.1, 0.15) is 28.4 Å². The van der Waals surface area contributed by atoms with Crippen LogP contribution in [-0.2, 0) is 0 Å². The van der Waals surface area contributed by atoms with Crippen LogP contribution >= 0.6 is 0 Å². The number of carbonyl (C=O) groups is 1. The second-order valence-electron chi connectivity index (χ2n) is 5.09. The van der Waals surface area contributed by atoms with Gasteiger partial charge in [-0.1, -0.05) is 6.92 Å². The Morgan fingerprint density at radius 2 is 2.00 bits per heavy atom. The van der Waals surface area contributed by atoms with Crippen molar-refractivity contribution in [2.75, 3.05) is 27.2 Å². The summed E-state index contributed by atoms with van der Waals surface area (Å²) in [5, 5.41) is 0. The zero-order valence-electron chi connectivity index (χ0n) is 12.5. The topological polar surface area (TPSA) is 55.6 Å². The molecule has 0 heterocycles. The molecule has 1 rings (SSSR count). The number of methoxy groups -OCH3 is 1. The molecule has 4 heteroatoms. The fourth-order valence-corrected chi connectivity index (χ4v) is 2.08. The number of rotatable bonds is 5. The van der Waals surface area contributed by atoms with E-state index in [1.54, 1.807) is 12.0 Å². The third kappa shape index (κ3) is 3.47. The summed E-state index contributed by atoms with van der Waals surface area (Å²) in [6, 6.07) is 3.67. The van der Waals surface area contributed by atoms with E-state index in [0.29, 0.717) is 19.0 Å². The molecular formula is C15H24N2O2. The monoisotopic (exact) mass is 264 g/mol. The van der Waals surface area contributed by atoms with Crippen LogP contribution < -0.4 is 10.5 Å². The summed E-state index contributed by atoms with van der Waals surface area (Å²) < 4.78 is 5.26. The second-order valence-corrected chi connectivity index (χ2v) is 5.09. The van der Waals surface area contributed by atoms with Crippen molar-refractivity contribution in [1.82, 2.24) is 4.90 Å². The highest BCUT2D eigenvalue weighted by Crippen LogP contribution is 2.24. The van der Waals surface area contributed by atoms with Gasteiger partial charge < -0.3 is 15.4 Å². The van der Waals surface area contributed by atoms with Crippen molar-refractivity contribution in [3.8, 4) is 5.75 Å². The summed E-state index contributed by atoms with van der Waals surface area (Å²) in [6.45, 7) is 7.20. The van der Waals surface area contributed by atoms with Gasteiger partial charge >= 0.3 is 0 Å². The van der Waals surface area contributed by atoms with Gasteiger partial charge in [0.15, 0.2) is 0 Å². The minimum atomic E-state index is 0.0311. The van der Waals surface area contributed by atoms with Crippen molar-refractivity contribution >= 4 is 5.91 Å². The summed E-state index contributed by atoms with van der Waals surface area (Å²) in [5.74, 6) is 1.14. The smallest absolute Gasteiger partial charge is 0.253 e. The molecule has 0 saturated carbocycles. The van der Waals surface area contributed by atoms with Gasteiger partial charge in [-0.25, -0.2) is 0 Å². The van der Waals surface area contributed by atoms with E-state index in [-0.39, 0.29) is 5.91 Å². The molecule has 19 heavy (non-hydrogen) atoms. The summed E-state index contributed by atoms with van der Waals surface area (Å²) >= 11 is 0. The third-order valence-electron chi connectivity index (χ3n) is 3.52. The lowest BCUT2D eigenvalue weighted by molar-refractivity contribution is 0.0776. The average molecular weight is 264 g/mol. The lowest BCUT2D eigenvalue weighted by Crippen LogP contribution is -2.33. The predicted molar refractivity (Wildman–Crippen MR) is 77.6 cm³/mol. The van der Waals surface area contributed by atoms with E-state index in [9.17, 15) is 4.79 Å². The van der Waals surface area contributed by atoms with Crippen LogP contribution in [-0.4, -0.2) is 38.1 Å². The molecule has 0 aromatic heterocycles. The standard InChI is InChI=1S/C15H24N2O2/c1-10(8-16)9-17(4)15(18)13-6-7-14(19-5)12(3)11(13)2/h6-7,10H,8-9,16H2,1-5H3. The fourth-order valence-electron chi connectivity index (χ4n) is 2.08. The number of amides is 1. The summed E-state index contributed by atoms with van der Waals surface area (Å²) in [5.41, 5.74) is 8.30. The zero-order valence-corrected chi connectivity index (χ0v) is 12.5. The molecule has 1 atom stereocenters. The highest BCUT2D eigenvalue weighted by Gasteiger charge is 2.18. The molecule has 0 aliphatic heterocycles. The van der Waals surface area contributed by atoms with Gasteiger partial charge in [-0.05, 0) is 49.6 Å². The summed E-state index contributed by atoms with van der Waals surface area (Å²) in [7, 11) is 3.45. The van der Waals surface area contributed by atoms with Crippen molar-refractivity contribution in [2.45, 2.75) is 20.8 Å². The molecule has 0 aliphatic rings. The predicted octanol–water partition coefficient (Wildman–Crippen LogP) is 1.98. The van der Waals surface area contributed by atoms with E-state index in [4.69, 9.17) is 10.5 Å². The molecule has 0 saturated heterocycles. The first kappa shape index (κ1) is 15.5. The van der Waals surface area contributed by atoms with Crippen molar-refractivity contribution in [2.24, 2.45) is 11.7 Å². The second kappa shape index (κ2) is 6.57. The van der Waals surface area contributed by atoms with Crippen LogP contribution in [0, 0.1) is 19.8 Å². The Hall–Kier alpha value is -1.55. The van der Waals surface area contributed by atoms with Gasteiger partial charge in [-0.3, -0.25) is 4.79 Å². The molecule has 1 aromatic carbocycles. The number of carbonyl (C=O) groups excluding carboxylic acids is 1. The molecule has 0 aliphatic carbocycles. The molecule has 0 fully saturated rings. The molecule has 0 bridgehead atoms. The zero-order chi connectivity index (χ0) is 14.6. The van der Waals surface area contributed by atoms with Crippen molar-refractivity contribution in [1.29, 1.82) is 0 Å². The number of nitrogens with zero attached hydrogens (tertiary/aromatic N) is 1. The van der Waals surface area contributed by atoms with Crippen molar-refractivity contribution in [3.63, 3.8) is 0 Å². The number of hydrogen-bond acceptors (Lipinski definition) is 3. The van der Waals surface area contributed by atoms with E-state index in [1.165, 1.54) is 0 Å². The Labute approximate surface area is 115 Å². The van der Waals surface area contributed by atoms with Crippen LogP contribution in [0.3, 0.4) is 0 Å². The summed E-state index contributed by atoms with van der Waals surface area (Å²) in [6.07, 6.45) is 0.